The van der Waals surface area contributed by atoms with Crippen LogP contribution in [0.3, 0.4) is 0 Å². The molecule has 0 aliphatic carbocycles. The summed E-state index contributed by atoms with van der Waals surface area (Å²) in [5.74, 6) is 0.145. The molecule has 96 valence electrons. The normalized spacial score (nSPS) is 10.7. The molecule has 1 aromatic carbocycles. The van der Waals surface area contributed by atoms with E-state index in [2.05, 4.69) is 14.9 Å². The second-order valence-electron chi connectivity index (χ2n) is 3.81. The van der Waals surface area contributed by atoms with E-state index in [1.807, 2.05) is 6.07 Å². The van der Waals surface area contributed by atoms with Crippen LogP contribution in [0.5, 0.6) is 0 Å². The van der Waals surface area contributed by atoms with Gasteiger partial charge in [0.1, 0.15) is 0 Å². The highest BCUT2D eigenvalue weighted by atomic mass is 32.2. The van der Waals surface area contributed by atoms with Crippen molar-refractivity contribution in [3.05, 3.63) is 47.7 Å². The summed E-state index contributed by atoms with van der Waals surface area (Å²) in [4.78, 5) is 0.108. The van der Waals surface area contributed by atoms with Crippen LogP contribution in [-0.4, -0.2) is 18.6 Å². The van der Waals surface area contributed by atoms with Crippen LogP contribution >= 0.6 is 0 Å². The molecule has 0 amide bonds. The number of benzene rings is 1. The average Bonchev–Trinajstić information content (AvgIpc) is 2.38. The van der Waals surface area contributed by atoms with Crippen LogP contribution in [0, 0.1) is 18.3 Å². The molecule has 0 atom stereocenters. The van der Waals surface area contributed by atoms with E-state index in [1.165, 1.54) is 30.5 Å². The summed E-state index contributed by atoms with van der Waals surface area (Å²) < 4.78 is 26.6. The third-order valence-corrected chi connectivity index (χ3v) is 3.92. The van der Waals surface area contributed by atoms with Crippen LogP contribution in [-0.2, 0) is 10.0 Å². The van der Waals surface area contributed by atoms with Gasteiger partial charge in [-0.05, 0) is 42.8 Å². The quantitative estimate of drug-likeness (QED) is 0.914. The number of sulfonamides is 1. The lowest BCUT2D eigenvalue weighted by Gasteiger charge is -2.09. The van der Waals surface area contributed by atoms with E-state index in [9.17, 15) is 8.42 Å². The van der Waals surface area contributed by atoms with Crippen molar-refractivity contribution in [3.63, 3.8) is 0 Å². The van der Waals surface area contributed by atoms with E-state index in [1.54, 1.807) is 13.0 Å². The van der Waals surface area contributed by atoms with E-state index in [-0.39, 0.29) is 10.7 Å². The summed E-state index contributed by atoms with van der Waals surface area (Å²) in [5, 5.41) is 16.0. The van der Waals surface area contributed by atoms with Gasteiger partial charge in [0.05, 0.1) is 16.5 Å². The molecule has 0 spiro atoms. The van der Waals surface area contributed by atoms with Gasteiger partial charge in [-0.1, -0.05) is 0 Å². The van der Waals surface area contributed by atoms with Gasteiger partial charge < -0.3 is 0 Å². The van der Waals surface area contributed by atoms with Crippen molar-refractivity contribution in [1.82, 2.24) is 10.2 Å². The topological polar surface area (TPSA) is 95.7 Å². The van der Waals surface area contributed by atoms with Crippen LogP contribution in [0.4, 0.5) is 5.82 Å². The van der Waals surface area contributed by atoms with Crippen molar-refractivity contribution in [1.29, 1.82) is 5.26 Å². The Balaban J connectivity index is 2.38. The van der Waals surface area contributed by atoms with Crippen molar-refractivity contribution in [2.24, 2.45) is 0 Å². The maximum absolute atomic E-state index is 12.2. The van der Waals surface area contributed by atoms with E-state index in [0.717, 1.165) is 0 Å². The summed E-state index contributed by atoms with van der Waals surface area (Å²) in [6, 6.07) is 9.41. The third-order valence-electron chi connectivity index (χ3n) is 2.40. The molecule has 2 aromatic rings. The van der Waals surface area contributed by atoms with Crippen LogP contribution in [0.15, 0.2) is 41.4 Å². The largest absolute Gasteiger partial charge is 0.263 e. The highest BCUT2D eigenvalue weighted by molar-refractivity contribution is 7.92. The second-order valence-corrected chi connectivity index (χ2v) is 5.46. The van der Waals surface area contributed by atoms with E-state index in [0.29, 0.717) is 11.1 Å². The summed E-state index contributed by atoms with van der Waals surface area (Å²) in [7, 11) is -3.73. The number of nitrogens with zero attached hydrogens (tertiary/aromatic N) is 3. The number of aromatic nitrogens is 2. The number of hydrogen-bond acceptors (Lipinski definition) is 5. The average molecular weight is 274 g/mol. The van der Waals surface area contributed by atoms with Gasteiger partial charge in [-0.2, -0.15) is 10.4 Å². The first-order valence-corrected chi connectivity index (χ1v) is 6.82. The number of hydrogen-bond donors (Lipinski definition) is 1. The fraction of sp³-hybridized carbons (Fsp3) is 0.0833. The van der Waals surface area contributed by atoms with Crippen LogP contribution in [0.2, 0.25) is 0 Å². The molecular weight excluding hydrogens is 264 g/mol. The first-order chi connectivity index (χ1) is 9.03. The van der Waals surface area contributed by atoms with Crippen LogP contribution in [0.1, 0.15) is 11.1 Å². The first kappa shape index (κ1) is 13.0. The van der Waals surface area contributed by atoms with E-state index in [4.69, 9.17) is 5.26 Å². The molecule has 6 nitrogen and oxygen atoms in total. The van der Waals surface area contributed by atoms with Gasteiger partial charge >= 0.3 is 0 Å². The van der Waals surface area contributed by atoms with Gasteiger partial charge in [-0.15, -0.1) is 5.10 Å². The van der Waals surface area contributed by atoms with Crippen molar-refractivity contribution in [3.8, 4) is 6.07 Å². The Hall–Kier alpha value is -2.46. The summed E-state index contributed by atoms with van der Waals surface area (Å²) >= 11 is 0. The van der Waals surface area contributed by atoms with Crippen molar-refractivity contribution in [2.75, 3.05) is 4.72 Å². The molecular formula is C12H10N4O2S. The molecule has 0 radical (unpaired) electrons. The Morgan fingerprint density at radius 3 is 2.68 bits per heavy atom. The maximum Gasteiger partial charge on any atom is 0.263 e. The van der Waals surface area contributed by atoms with E-state index < -0.39 is 10.0 Å². The SMILES string of the molecule is Cc1cc(C#N)ccc1S(=O)(=O)Nc1cccnn1. The number of nitrogens with one attached hydrogen (secondary N) is 1. The lowest BCUT2D eigenvalue weighted by Crippen LogP contribution is -2.15. The van der Waals surface area contributed by atoms with Gasteiger partial charge in [-0.3, -0.25) is 4.72 Å². The molecule has 19 heavy (non-hydrogen) atoms. The molecule has 0 saturated carbocycles. The minimum atomic E-state index is -3.73. The molecule has 0 saturated heterocycles. The van der Waals surface area contributed by atoms with Crippen molar-refractivity contribution >= 4 is 15.8 Å². The Morgan fingerprint density at radius 1 is 1.32 bits per heavy atom. The van der Waals surface area contributed by atoms with Gasteiger partial charge in [0.25, 0.3) is 10.0 Å². The first-order valence-electron chi connectivity index (χ1n) is 5.34. The predicted molar refractivity (Wildman–Crippen MR) is 68.7 cm³/mol. The molecule has 1 aromatic heterocycles. The Kier molecular flexibility index (Phi) is 3.44. The predicted octanol–water partition coefficient (Wildman–Crippen LogP) is 1.46. The van der Waals surface area contributed by atoms with Gasteiger partial charge in [0, 0.05) is 6.20 Å². The lowest BCUT2D eigenvalue weighted by molar-refractivity contribution is 0.600. The Morgan fingerprint density at radius 2 is 2.11 bits per heavy atom. The molecule has 7 heteroatoms. The molecule has 0 unspecified atom stereocenters. The fourth-order valence-corrected chi connectivity index (χ4v) is 2.79. The zero-order chi connectivity index (χ0) is 13.9. The molecule has 1 N–H and O–H groups in total. The molecule has 0 fully saturated rings. The van der Waals surface area contributed by atoms with Crippen molar-refractivity contribution < 1.29 is 8.42 Å². The molecule has 0 bridgehead atoms. The number of nitriles is 1. The summed E-state index contributed by atoms with van der Waals surface area (Å²) in [6.07, 6.45) is 1.45. The number of anilines is 1. The van der Waals surface area contributed by atoms with Crippen LogP contribution < -0.4 is 4.72 Å². The minimum Gasteiger partial charge on any atom is -0.262 e. The summed E-state index contributed by atoms with van der Waals surface area (Å²) in [5.41, 5.74) is 0.909. The third kappa shape index (κ3) is 2.86. The molecule has 2 rings (SSSR count). The van der Waals surface area contributed by atoms with E-state index >= 15 is 0 Å². The standard InChI is InChI=1S/C12H10N4O2S/c1-9-7-10(8-13)4-5-11(9)19(17,18)16-12-3-2-6-14-15-12/h2-7H,1H3,(H,15,16). The smallest absolute Gasteiger partial charge is 0.262 e. The lowest BCUT2D eigenvalue weighted by atomic mass is 10.2. The minimum absolute atomic E-state index is 0.108. The Labute approximate surface area is 110 Å². The zero-order valence-electron chi connectivity index (χ0n) is 10.0. The monoisotopic (exact) mass is 274 g/mol. The van der Waals surface area contributed by atoms with Gasteiger partial charge in [-0.25, -0.2) is 8.42 Å². The van der Waals surface area contributed by atoms with Crippen LogP contribution in [0.25, 0.3) is 0 Å². The summed E-state index contributed by atoms with van der Waals surface area (Å²) in [6.45, 7) is 1.63. The molecule has 0 aliphatic heterocycles. The second kappa shape index (κ2) is 5.04. The number of rotatable bonds is 3. The fourth-order valence-electron chi connectivity index (χ4n) is 1.57. The number of aryl methyl sites for hydroxylation is 1. The van der Waals surface area contributed by atoms with Gasteiger partial charge in [0.2, 0.25) is 0 Å². The molecule has 0 aliphatic rings. The van der Waals surface area contributed by atoms with Crippen molar-refractivity contribution in [2.45, 2.75) is 11.8 Å². The Bertz CT molecular complexity index is 736. The highest BCUT2D eigenvalue weighted by Crippen LogP contribution is 2.18. The maximum atomic E-state index is 12.2. The molecule has 1 heterocycles. The zero-order valence-corrected chi connectivity index (χ0v) is 10.8. The van der Waals surface area contributed by atoms with Gasteiger partial charge in [0.15, 0.2) is 5.82 Å². The highest BCUT2D eigenvalue weighted by Gasteiger charge is 2.17.